The zero-order valence-corrected chi connectivity index (χ0v) is 34.7. The predicted octanol–water partition coefficient (Wildman–Crippen LogP) is 9.82. The molecule has 1 aliphatic rings. The first kappa shape index (κ1) is 42.4. The maximum Gasteiger partial charge on any atom is 0.573 e. The lowest BCUT2D eigenvalue weighted by Crippen LogP contribution is -2.31. The predicted molar refractivity (Wildman–Crippen MR) is 218 cm³/mol. The van der Waals surface area contributed by atoms with Crippen LogP contribution in [-0.4, -0.2) is 55.9 Å². The number of thiazole rings is 1. The van der Waals surface area contributed by atoms with Crippen molar-refractivity contribution >= 4 is 27.3 Å². The monoisotopic (exact) mass is 863 g/mol. The summed E-state index contributed by atoms with van der Waals surface area (Å²) in [6.45, 7) is 1.73. The van der Waals surface area contributed by atoms with Crippen LogP contribution in [0.1, 0.15) is 50.6 Å². The molecule has 0 saturated heterocycles. The van der Waals surface area contributed by atoms with Crippen LogP contribution in [0.3, 0.4) is 0 Å². The first-order valence-electron chi connectivity index (χ1n) is 18.8. The third-order valence-corrected chi connectivity index (χ3v) is 13.0. The number of halogens is 4. The molecule has 1 saturated carbocycles. The van der Waals surface area contributed by atoms with E-state index in [0.29, 0.717) is 67.2 Å². The molecule has 0 radical (unpaired) electrons. The molecule has 2 heterocycles. The number of benzene rings is 4. The Morgan fingerprint density at radius 2 is 1.40 bits per heavy atom. The average Bonchev–Trinajstić information content (AvgIpc) is 3.87. The number of methoxy groups -OCH3 is 3. The van der Waals surface area contributed by atoms with E-state index in [1.54, 1.807) is 61.5 Å². The summed E-state index contributed by atoms with van der Waals surface area (Å²) in [5, 5.41) is 0.544. The lowest BCUT2D eigenvalue weighted by atomic mass is 10.1. The number of hydrogen-bond acceptors (Lipinski definition) is 9. The number of carbonyl (C=O) groups is 1. The van der Waals surface area contributed by atoms with E-state index in [0.717, 1.165) is 18.5 Å². The van der Waals surface area contributed by atoms with Gasteiger partial charge in [0.2, 0.25) is 10.0 Å². The van der Waals surface area contributed by atoms with Crippen molar-refractivity contribution in [3.63, 3.8) is 0 Å². The normalized spacial score (nSPS) is 13.1. The molecule has 0 atom stereocenters. The molecular weight excluding hydrogens is 823 g/mol. The molecule has 1 aliphatic carbocycles. The zero-order valence-electron chi connectivity index (χ0n) is 33.1. The van der Waals surface area contributed by atoms with Gasteiger partial charge in [-0.1, -0.05) is 30.3 Å². The summed E-state index contributed by atoms with van der Waals surface area (Å²) in [6.07, 6.45) is -2.30. The van der Waals surface area contributed by atoms with Crippen molar-refractivity contribution in [3.05, 3.63) is 136 Å². The quantitative estimate of drug-likeness (QED) is 0.0699. The van der Waals surface area contributed by atoms with Gasteiger partial charge in [0.15, 0.2) is 5.69 Å². The number of hydrogen-bond donors (Lipinski definition) is 0. The van der Waals surface area contributed by atoms with Gasteiger partial charge >= 0.3 is 12.3 Å². The largest absolute Gasteiger partial charge is 0.573 e. The van der Waals surface area contributed by atoms with Crippen LogP contribution in [0.15, 0.2) is 102 Å². The van der Waals surface area contributed by atoms with Gasteiger partial charge < -0.3 is 23.5 Å². The molecule has 7 rings (SSSR count). The summed E-state index contributed by atoms with van der Waals surface area (Å²) < 4.78 is 107. The third kappa shape index (κ3) is 9.67. The van der Waals surface area contributed by atoms with Crippen LogP contribution in [0.4, 0.5) is 17.6 Å². The van der Waals surface area contributed by atoms with Gasteiger partial charge in [-0.25, -0.2) is 22.6 Å². The highest BCUT2D eigenvalue weighted by molar-refractivity contribution is 7.89. The smallest absolute Gasteiger partial charge is 0.497 e. The van der Waals surface area contributed by atoms with Gasteiger partial charge in [-0.05, 0) is 121 Å². The Morgan fingerprint density at radius 3 is 1.92 bits per heavy atom. The van der Waals surface area contributed by atoms with Crippen LogP contribution in [0, 0.1) is 18.7 Å². The topological polar surface area (TPSA) is 109 Å². The summed E-state index contributed by atoms with van der Waals surface area (Å²) in [5.41, 5.74) is 4.61. The first-order valence-corrected chi connectivity index (χ1v) is 21.1. The van der Waals surface area contributed by atoms with E-state index in [2.05, 4.69) is 9.72 Å². The van der Waals surface area contributed by atoms with Gasteiger partial charge in [0.05, 0.1) is 21.3 Å². The number of aromatic nitrogens is 2. The van der Waals surface area contributed by atoms with E-state index in [-0.39, 0.29) is 25.3 Å². The Balaban J connectivity index is 1.28. The van der Waals surface area contributed by atoms with Gasteiger partial charge in [0, 0.05) is 41.5 Å². The molecule has 4 aromatic carbocycles. The minimum atomic E-state index is -4.88. The highest BCUT2D eigenvalue weighted by Gasteiger charge is 2.33. The molecule has 0 bridgehead atoms. The number of alkyl halides is 3. The summed E-state index contributed by atoms with van der Waals surface area (Å²) in [4.78, 5) is 17.3. The zero-order chi connectivity index (χ0) is 42.8. The molecular formula is C44H41F4N3O7S2. The summed E-state index contributed by atoms with van der Waals surface area (Å²) in [6, 6.07) is 25.2. The minimum Gasteiger partial charge on any atom is -0.497 e. The van der Waals surface area contributed by atoms with Crippen molar-refractivity contribution in [3.8, 4) is 39.1 Å². The lowest BCUT2D eigenvalue weighted by Gasteiger charge is -2.23. The Kier molecular flexibility index (Phi) is 12.4. The van der Waals surface area contributed by atoms with E-state index >= 15 is 4.39 Å². The SMILES string of the molecule is COC(=O)c1nc(-c2cc(-c3ccc(OC(F)(F)F)cc3)n(Cc3ccc(S(=O)(=O)N(Cc4ccc(OC)cc4)Cc4ccc(OC)cc4)c(F)c3)c2CC2CC2)sc1C. The molecule has 0 amide bonds. The number of carbonyl (C=O) groups excluding carboxylic acids is 1. The molecule has 314 valence electrons. The molecule has 2 aromatic heterocycles. The maximum absolute atomic E-state index is 16.4. The van der Waals surface area contributed by atoms with Gasteiger partial charge in [-0.15, -0.1) is 24.5 Å². The molecule has 0 spiro atoms. The molecule has 0 unspecified atom stereocenters. The van der Waals surface area contributed by atoms with Crippen LogP contribution in [-0.2, 0) is 40.8 Å². The van der Waals surface area contributed by atoms with Gasteiger partial charge in [0.25, 0.3) is 0 Å². The van der Waals surface area contributed by atoms with Crippen molar-refractivity contribution in [1.82, 2.24) is 13.9 Å². The number of rotatable bonds is 16. The van der Waals surface area contributed by atoms with Crippen LogP contribution >= 0.6 is 11.3 Å². The molecule has 0 N–H and O–H groups in total. The molecule has 6 aromatic rings. The molecule has 1 fully saturated rings. The Morgan fingerprint density at radius 1 is 0.833 bits per heavy atom. The summed E-state index contributed by atoms with van der Waals surface area (Å²) >= 11 is 1.31. The van der Waals surface area contributed by atoms with Crippen molar-refractivity contribution in [2.45, 2.75) is 57.1 Å². The van der Waals surface area contributed by atoms with Crippen molar-refractivity contribution in [2.75, 3.05) is 21.3 Å². The van der Waals surface area contributed by atoms with E-state index in [1.165, 1.54) is 73.4 Å². The van der Waals surface area contributed by atoms with E-state index in [4.69, 9.17) is 14.2 Å². The van der Waals surface area contributed by atoms with Gasteiger partial charge in [-0.3, -0.25) is 0 Å². The highest BCUT2D eigenvalue weighted by atomic mass is 32.2. The number of nitrogens with zero attached hydrogens (tertiary/aromatic N) is 3. The van der Waals surface area contributed by atoms with Crippen LogP contribution in [0.5, 0.6) is 17.2 Å². The minimum absolute atomic E-state index is 0.0553. The number of ether oxygens (including phenoxy) is 4. The molecule has 60 heavy (non-hydrogen) atoms. The summed E-state index contributed by atoms with van der Waals surface area (Å²) in [5.74, 6) is -0.386. The Labute approximate surface area is 349 Å². The maximum atomic E-state index is 16.4. The lowest BCUT2D eigenvalue weighted by molar-refractivity contribution is -0.274. The second-order valence-electron chi connectivity index (χ2n) is 14.3. The average molecular weight is 864 g/mol. The van der Waals surface area contributed by atoms with Crippen LogP contribution < -0.4 is 14.2 Å². The first-order chi connectivity index (χ1) is 28.6. The number of aryl methyl sites for hydroxylation is 1. The fourth-order valence-corrected chi connectivity index (χ4v) is 9.30. The Hall–Kier alpha value is -5.71. The Bertz CT molecular complexity index is 2540. The van der Waals surface area contributed by atoms with Crippen molar-refractivity contribution in [1.29, 1.82) is 0 Å². The van der Waals surface area contributed by atoms with E-state index in [1.807, 2.05) is 10.6 Å². The number of sulfonamides is 1. The van der Waals surface area contributed by atoms with E-state index < -0.39 is 38.8 Å². The fourth-order valence-electron chi connectivity index (χ4n) is 6.90. The number of esters is 1. The highest BCUT2D eigenvalue weighted by Crippen LogP contribution is 2.42. The molecule has 0 aliphatic heterocycles. The second-order valence-corrected chi connectivity index (χ2v) is 17.5. The molecule has 10 nitrogen and oxygen atoms in total. The van der Waals surface area contributed by atoms with Crippen LogP contribution in [0.2, 0.25) is 0 Å². The van der Waals surface area contributed by atoms with Gasteiger partial charge in [-0.2, -0.15) is 4.31 Å². The third-order valence-electron chi connectivity index (χ3n) is 10.2. The van der Waals surface area contributed by atoms with Crippen LogP contribution in [0.25, 0.3) is 21.8 Å². The fraction of sp³-hybridized carbons (Fsp3) is 0.273. The summed E-state index contributed by atoms with van der Waals surface area (Å²) in [7, 11) is -0.0873. The second kappa shape index (κ2) is 17.5. The standard InChI is InChI=1S/C44H41F4N3O7S2/c1-27-41(43(52)57-4)49-42(59-27)36-23-38(32-12-18-35(19-13-32)58-44(46,47)48)51(39(36)22-28-5-6-28)26-31-11-20-40(37(45)21-31)60(53,54)50(24-29-7-14-33(55-2)15-8-29)25-30-9-16-34(56-3)17-10-30/h7-21,23,28H,5-6,22,24-26H2,1-4H3. The van der Waals surface area contributed by atoms with Crippen molar-refractivity contribution in [2.24, 2.45) is 5.92 Å². The molecule has 16 heteroatoms. The van der Waals surface area contributed by atoms with Crippen molar-refractivity contribution < 1.29 is 49.7 Å². The van der Waals surface area contributed by atoms with Gasteiger partial charge in [0.1, 0.15) is 33.0 Å². The van der Waals surface area contributed by atoms with E-state index in [9.17, 15) is 26.4 Å².